The van der Waals surface area contributed by atoms with Gasteiger partial charge in [0.25, 0.3) is 0 Å². The van der Waals surface area contributed by atoms with Crippen LogP contribution in [-0.2, 0) is 30.8 Å². The lowest BCUT2D eigenvalue weighted by Gasteiger charge is -2.41. The number of morpholine rings is 1. The molecule has 4 rings (SSSR count). The fraction of sp³-hybridized carbons (Fsp3) is 0.556. The molecule has 8 heteroatoms. The van der Waals surface area contributed by atoms with Crippen molar-refractivity contribution in [3.8, 4) is 0 Å². The highest BCUT2D eigenvalue weighted by Crippen LogP contribution is 2.42. The van der Waals surface area contributed by atoms with Crippen LogP contribution in [0, 0.1) is 0 Å². The highest BCUT2D eigenvalue weighted by molar-refractivity contribution is 7.89. The summed E-state index contributed by atoms with van der Waals surface area (Å²) in [5.74, 6) is -0.475. The van der Waals surface area contributed by atoms with Crippen molar-refractivity contribution in [3.05, 3.63) is 23.8 Å². The number of hydrogen-bond donors (Lipinski definition) is 0. The van der Waals surface area contributed by atoms with Crippen molar-refractivity contribution in [2.24, 2.45) is 0 Å². The Morgan fingerprint density at radius 1 is 1.19 bits per heavy atom. The van der Waals surface area contributed by atoms with Crippen LogP contribution in [0.3, 0.4) is 0 Å². The number of carbonyl (C=O) groups is 2. The molecule has 1 aromatic carbocycles. The molecule has 2 heterocycles. The summed E-state index contributed by atoms with van der Waals surface area (Å²) in [5, 5.41) is 0. The van der Waals surface area contributed by atoms with E-state index in [4.69, 9.17) is 4.74 Å². The number of benzene rings is 1. The van der Waals surface area contributed by atoms with Crippen molar-refractivity contribution in [1.29, 1.82) is 0 Å². The number of amides is 1. The number of cyclic esters (lactones) is 1. The zero-order valence-electron chi connectivity index (χ0n) is 14.7. The number of sulfonamides is 1. The molecule has 1 saturated heterocycles. The monoisotopic (exact) mass is 378 g/mol. The lowest BCUT2D eigenvalue weighted by atomic mass is 9.97. The quantitative estimate of drug-likeness (QED) is 0.728. The molecular formula is C18H22N2O5S. The van der Waals surface area contributed by atoms with Gasteiger partial charge in [0.15, 0.2) is 0 Å². The van der Waals surface area contributed by atoms with Crippen molar-refractivity contribution < 1.29 is 22.7 Å². The smallest absolute Gasteiger partial charge is 0.327 e. The average molecular weight is 378 g/mol. The minimum absolute atomic E-state index is 0.0527. The molecule has 0 N–H and O–H groups in total. The van der Waals surface area contributed by atoms with Gasteiger partial charge < -0.3 is 9.64 Å². The van der Waals surface area contributed by atoms with Crippen LogP contribution in [0.4, 0.5) is 5.69 Å². The second-order valence-corrected chi connectivity index (χ2v) is 9.03. The molecule has 1 aliphatic carbocycles. The van der Waals surface area contributed by atoms with Crippen LogP contribution in [0.25, 0.3) is 0 Å². The number of fused-ring (bicyclic) bond motifs is 1. The highest BCUT2D eigenvalue weighted by Gasteiger charge is 2.54. The summed E-state index contributed by atoms with van der Waals surface area (Å²) >= 11 is 0. The maximum atomic E-state index is 13.3. The first-order valence-corrected chi connectivity index (χ1v) is 10.4. The molecule has 0 bridgehead atoms. The normalized spacial score (nSPS) is 22.5. The van der Waals surface area contributed by atoms with E-state index in [9.17, 15) is 18.0 Å². The summed E-state index contributed by atoms with van der Waals surface area (Å²) < 4.78 is 33.3. The summed E-state index contributed by atoms with van der Waals surface area (Å²) in [6.45, 7) is 2.34. The number of esters is 1. The van der Waals surface area contributed by atoms with E-state index in [1.807, 2.05) is 0 Å². The van der Waals surface area contributed by atoms with Crippen LogP contribution in [-0.4, -0.2) is 49.8 Å². The van der Waals surface area contributed by atoms with Gasteiger partial charge in [-0.15, -0.1) is 0 Å². The second-order valence-electron chi connectivity index (χ2n) is 7.16. The Kier molecular flexibility index (Phi) is 4.07. The van der Waals surface area contributed by atoms with Gasteiger partial charge in [0.05, 0.1) is 4.90 Å². The first kappa shape index (κ1) is 17.5. The van der Waals surface area contributed by atoms with Gasteiger partial charge in [-0.05, 0) is 43.0 Å². The van der Waals surface area contributed by atoms with Gasteiger partial charge in [-0.25, -0.2) is 8.42 Å². The Bertz CT molecular complexity index is 874. The Labute approximate surface area is 153 Å². The molecule has 26 heavy (non-hydrogen) atoms. The lowest BCUT2D eigenvalue weighted by Crippen LogP contribution is -2.60. The molecule has 3 aliphatic rings. The first-order chi connectivity index (χ1) is 12.4. The van der Waals surface area contributed by atoms with E-state index < -0.39 is 21.5 Å². The molecule has 0 unspecified atom stereocenters. The zero-order chi connectivity index (χ0) is 18.5. The number of nitrogens with zero attached hydrogens (tertiary/aromatic N) is 2. The third kappa shape index (κ3) is 2.46. The standard InChI is InChI=1S/C18H22N2O5S/c1-13(21)19-9-6-14-12-15(4-5-16(14)19)26(23,24)20-10-11-25-17(22)18(20)7-2-3-8-18/h4-5,12H,2-3,6-11H2,1H3. The zero-order valence-corrected chi connectivity index (χ0v) is 15.5. The molecular weight excluding hydrogens is 356 g/mol. The SMILES string of the molecule is CC(=O)N1CCc2cc(S(=O)(=O)N3CCOC(=O)C34CCCC4)ccc21. The lowest BCUT2D eigenvalue weighted by molar-refractivity contribution is -0.162. The van der Waals surface area contributed by atoms with Gasteiger partial charge >= 0.3 is 5.97 Å². The van der Waals surface area contributed by atoms with E-state index in [1.54, 1.807) is 17.0 Å². The van der Waals surface area contributed by atoms with E-state index in [0.717, 1.165) is 24.1 Å². The van der Waals surface area contributed by atoms with E-state index in [1.165, 1.54) is 17.3 Å². The number of hydrogen-bond acceptors (Lipinski definition) is 5. The minimum Gasteiger partial charge on any atom is -0.463 e. The topological polar surface area (TPSA) is 84.0 Å². The van der Waals surface area contributed by atoms with Gasteiger partial charge in [0.2, 0.25) is 15.9 Å². The molecule has 2 aliphatic heterocycles. The van der Waals surface area contributed by atoms with Gasteiger partial charge in [0, 0.05) is 25.7 Å². The summed E-state index contributed by atoms with van der Waals surface area (Å²) in [6, 6.07) is 4.88. The van der Waals surface area contributed by atoms with Crippen LogP contribution in [0.15, 0.2) is 23.1 Å². The molecule has 0 atom stereocenters. The van der Waals surface area contributed by atoms with Gasteiger partial charge in [-0.2, -0.15) is 4.31 Å². The maximum Gasteiger partial charge on any atom is 0.327 e. The summed E-state index contributed by atoms with van der Waals surface area (Å²) in [5.41, 5.74) is 0.563. The summed E-state index contributed by atoms with van der Waals surface area (Å²) in [7, 11) is -3.82. The van der Waals surface area contributed by atoms with Crippen molar-refractivity contribution in [2.45, 2.75) is 49.5 Å². The molecule has 7 nitrogen and oxygen atoms in total. The molecule has 1 amide bonds. The van der Waals surface area contributed by atoms with Crippen LogP contribution in [0.5, 0.6) is 0 Å². The molecule has 1 spiro atoms. The van der Waals surface area contributed by atoms with Crippen molar-refractivity contribution in [2.75, 3.05) is 24.6 Å². The Morgan fingerprint density at radius 3 is 2.62 bits per heavy atom. The summed E-state index contributed by atoms with van der Waals surface area (Å²) in [4.78, 5) is 26.0. The van der Waals surface area contributed by atoms with E-state index in [-0.39, 0.29) is 24.0 Å². The summed E-state index contributed by atoms with van der Waals surface area (Å²) in [6.07, 6.45) is 3.28. The maximum absolute atomic E-state index is 13.3. The van der Waals surface area contributed by atoms with Crippen molar-refractivity contribution in [3.63, 3.8) is 0 Å². The molecule has 2 fully saturated rings. The van der Waals surface area contributed by atoms with Crippen LogP contribution < -0.4 is 4.90 Å². The highest BCUT2D eigenvalue weighted by atomic mass is 32.2. The largest absolute Gasteiger partial charge is 0.463 e. The van der Waals surface area contributed by atoms with Gasteiger partial charge in [-0.1, -0.05) is 12.8 Å². The number of carbonyl (C=O) groups excluding carboxylic acids is 2. The third-order valence-corrected chi connectivity index (χ3v) is 7.69. The number of anilines is 1. The van der Waals surface area contributed by atoms with Gasteiger partial charge in [0.1, 0.15) is 12.1 Å². The fourth-order valence-electron chi connectivity index (χ4n) is 4.43. The first-order valence-electron chi connectivity index (χ1n) is 8.97. The molecule has 1 saturated carbocycles. The molecule has 1 aromatic rings. The predicted octanol–water partition coefficient (Wildman–Crippen LogP) is 1.46. The van der Waals surface area contributed by atoms with Crippen LogP contribution in [0.1, 0.15) is 38.2 Å². The number of rotatable bonds is 2. The van der Waals surface area contributed by atoms with Crippen molar-refractivity contribution in [1.82, 2.24) is 4.31 Å². The minimum atomic E-state index is -3.82. The third-order valence-electron chi connectivity index (χ3n) is 5.73. The molecule has 0 radical (unpaired) electrons. The van der Waals surface area contributed by atoms with Crippen LogP contribution in [0.2, 0.25) is 0 Å². The fourth-order valence-corrected chi connectivity index (χ4v) is 6.25. The van der Waals surface area contributed by atoms with Gasteiger partial charge in [-0.3, -0.25) is 9.59 Å². The molecule has 140 valence electrons. The molecule has 0 aromatic heterocycles. The predicted molar refractivity (Wildman–Crippen MR) is 94.2 cm³/mol. The van der Waals surface area contributed by atoms with E-state index in [2.05, 4.69) is 0 Å². The Morgan fingerprint density at radius 2 is 1.92 bits per heavy atom. The van der Waals surface area contributed by atoms with E-state index >= 15 is 0 Å². The van der Waals surface area contributed by atoms with Crippen molar-refractivity contribution >= 4 is 27.6 Å². The Balaban J connectivity index is 1.73. The second kappa shape index (κ2) is 6.06. The Hall–Kier alpha value is -1.93. The average Bonchev–Trinajstić information content (AvgIpc) is 3.24. The van der Waals surface area contributed by atoms with E-state index in [0.29, 0.717) is 25.8 Å². The number of ether oxygens (including phenoxy) is 1. The van der Waals surface area contributed by atoms with Crippen LogP contribution >= 0.6 is 0 Å².